The van der Waals surface area contributed by atoms with Gasteiger partial charge in [0.25, 0.3) is 0 Å². The van der Waals surface area contributed by atoms with Gasteiger partial charge in [-0.25, -0.2) is 9.37 Å². The van der Waals surface area contributed by atoms with E-state index >= 15 is 0 Å². The molecule has 0 amide bonds. The first kappa shape index (κ1) is 41.9. The molecule has 16 heteroatoms. The first-order chi connectivity index (χ1) is 24.7. The fraction of sp³-hybridized carbons (Fsp3) is 0.583. The largest absolute Gasteiger partial charge is 0.393 e. The predicted molar refractivity (Wildman–Crippen MR) is 199 cm³/mol. The molecule has 5 unspecified atom stereocenters. The monoisotopic (exact) mass is 727 g/mol. The molecule has 286 valence electrons. The Morgan fingerprint density at radius 2 is 1.38 bits per heavy atom. The van der Waals surface area contributed by atoms with E-state index in [0.717, 1.165) is 88.1 Å². The Morgan fingerprint density at radius 3 is 1.81 bits per heavy atom. The van der Waals surface area contributed by atoms with Gasteiger partial charge in [-0.2, -0.15) is 0 Å². The number of halogens is 1. The lowest BCUT2D eigenvalue weighted by Crippen LogP contribution is -2.39. The summed E-state index contributed by atoms with van der Waals surface area (Å²) < 4.78 is 12.1. The first-order valence-electron chi connectivity index (χ1n) is 17.9. The van der Waals surface area contributed by atoms with Gasteiger partial charge < -0.3 is 51.3 Å². The molecule has 52 heavy (non-hydrogen) atoms. The highest BCUT2D eigenvalue weighted by Gasteiger charge is 2.25. The Balaban J connectivity index is 0.000000196. The van der Waals surface area contributed by atoms with Crippen molar-refractivity contribution in [3.8, 4) is 0 Å². The van der Waals surface area contributed by atoms with Crippen LogP contribution in [0.5, 0.6) is 0 Å². The van der Waals surface area contributed by atoms with Crippen LogP contribution in [0.15, 0.2) is 55.0 Å². The molecule has 5 N–H and O–H groups in total. The zero-order valence-corrected chi connectivity index (χ0v) is 30.6. The molecule has 3 aliphatic heterocycles. The minimum absolute atomic E-state index is 0.0498. The maximum absolute atomic E-state index is 12.1. The number of nitro groups is 2. The number of piperidine rings is 3. The van der Waals surface area contributed by atoms with E-state index < -0.39 is 15.7 Å². The summed E-state index contributed by atoms with van der Waals surface area (Å²) >= 11 is 0. The van der Waals surface area contributed by atoms with Crippen molar-refractivity contribution < 1.29 is 24.5 Å². The third-order valence-corrected chi connectivity index (χ3v) is 9.46. The standard InChI is InChI=1S/C13H19N3O2.C12H19N3O.C6H13NO.C5H3FN2O2/c1-10(2)11-4-3-7-15(9-11)12-5-6-13(14-8-12)16(17)18;1-9(16)10-3-2-6-15(8-10)11-4-5-12(13)14-7-11;1-5-4-6(8)2-3-7-5;6-4-1-2-5(7-3-4)8(9)10/h5-6,8,10-11H,3-4,7,9H2,1-2H3;4-5,7,9-10,16H,2-3,6,8H2,1H3,(H2,13,14);5-8H,2-4H2,1H3;1-3H. The molecule has 3 aromatic rings. The molecule has 5 atom stereocenters. The van der Waals surface area contributed by atoms with Crippen molar-refractivity contribution in [2.75, 3.05) is 48.3 Å². The van der Waals surface area contributed by atoms with Crippen molar-refractivity contribution in [3.63, 3.8) is 0 Å². The number of rotatable bonds is 6. The molecule has 6 heterocycles. The van der Waals surface area contributed by atoms with Crippen LogP contribution in [0.4, 0.5) is 33.2 Å². The van der Waals surface area contributed by atoms with E-state index in [9.17, 15) is 29.7 Å². The number of nitrogens with one attached hydrogen (secondary N) is 1. The molecule has 6 rings (SSSR count). The van der Waals surface area contributed by atoms with Gasteiger partial charge in [0.1, 0.15) is 5.82 Å². The Kier molecular flexibility index (Phi) is 17.0. The van der Waals surface area contributed by atoms with Gasteiger partial charge in [0.2, 0.25) is 0 Å². The van der Waals surface area contributed by atoms with Crippen LogP contribution in [0.2, 0.25) is 0 Å². The van der Waals surface area contributed by atoms with Crippen molar-refractivity contribution in [1.82, 2.24) is 20.3 Å². The minimum atomic E-state index is -0.681. The van der Waals surface area contributed by atoms with Crippen molar-refractivity contribution in [2.24, 2.45) is 17.8 Å². The smallest absolute Gasteiger partial charge is 0.363 e. The third-order valence-electron chi connectivity index (χ3n) is 9.46. The number of hydrogen-bond donors (Lipinski definition) is 4. The summed E-state index contributed by atoms with van der Waals surface area (Å²) in [6.07, 6.45) is 10.5. The second kappa shape index (κ2) is 21.1. The van der Waals surface area contributed by atoms with Crippen LogP contribution < -0.4 is 20.9 Å². The van der Waals surface area contributed by atoms with Crippen molar-refractivity contribution in [2.45, 2.75) is 84.5 Å². The van der Waals surface area contributed by atoms with Gasteiger partial charge in [-0.15, -0.1) is 0 Å². The Hall–Kier alpha value is -4.54. The molecule has 3 aromatic heterocycles. The summed E-state index contributed by atoms with van der Waals surface area (Å²) in [5, 5.41) is 42.4. The van der Waals surface area contributed by atoms with Crippen LogP contribution in [0.1, 0.15) is 66.2 Å². The van der Waals surface area contributed by atoms with E-state index in [0.29, 0.717) is 29.6 Å². The highest BCUT2D eigenvalue weighted by Crippen LogP contribution is 2.28. The SMILES string of the molecule is CC(C)C1CCCN(c2ccc([N+](=O)[O-])nc2)C1.CC(O)C1CCCN(c2ccc(N)nc2)C1.CC1CC(O)CCN1.O=[N+]([O-])c1ccc(F)cn1. The Labute approximate surface area is 304 Å². The van der Waals surface area contributed by atoms with Gasteiger partial charge in [-0.3, -0.25) is 0 Å². The third kappa shape index (κ3) is 14.2. The van der Waals surface area contributed by atoms with E-state index in [4.69, 9.17) is 10.8 Å². The van der Waals surface area contributed by atoms with Crippen LogP contribution in [-0.4, -0.2) is 86.0 Å². The summed E-state index contributed by atoms with van der Waals surface area (Å²) in [6.45, 7) is 13.4. The molecule has 3 aliphatic rings. The van der Waals surface area contributed by atoms with Crippen molar-refractivity contribution >= 4 is 28.8 Å². The summed E-state index contributed by atoms with van der Waals surface area (Å²) in [6, 6.07) is 9.61. The topological polar surface area (TPSA) is 210 Å². The summed E-state index contributed by atoms with van der Waals surface area (Å²) in [4.78, 5) is 35.1. The zero-order valence-electron chi connectivity index (χ0n) is 30.6. The highest BCUT2D eigenvalue weighted by molar-refractivity contribution is 5.48. The zero-order chi connectivity index (χ0) is 38.2. The molecule has 0 aromatic carbocycles. The van der Waals surface area contributed by atoms with Crippen molar-refractivity contribution in [3.05, 3.63) is 81.0 Å². The molecule has 0 saturated carbocycles. The normalized spacial score (nSPS) is 22.0. The van der Waals surface area contributed by atoms with Gasteiger partial charge in [0, 0.05) is 50.3 Å². The second-order valence-corrected chi connectivity index (χ2v) is 13.9. The van der Waals surface area contributed by atoms with Crippen LogP contribution in [0.3, 0.4) is 0 Å². The van der Waals surface area contributed by atoms with E-state index in [-0.39, 0.29) is 23.8 Å². The molecule has 3 saturated heterocycles. The first-order valence-corrected chi connectivity index (χ1v) is 17.9. The van der Waals surface area contributed by atoms with Gasteiger partial charge in [-0.05, 0) is 115 Å². The molecular formula is C36H54FN9O6. The lowest BCUT2D eigenvalue weighted by Gasteiger charge is -2.35. The van der Waals surface area contributed by atoms with Gasteiger partial charge >= 0.3 is 11.6 Å². The van der Waals surface area contributed by atoms with Crippen LogP contribution >= 0.6 is 0 Å². The molecule has 0 spiro atoms. The maximum atomic E-state index is 12.1. The number of pyridine rings is 3. The number of nitrogens with two attached hydrogens (primary N) is 1. The number of anilines is 3. The fourth-order valence-corrected chi connectivity index (χ4v) is 6.27. The second-order valence-electron chi connectivity index (χ2n) is 13.9. The fourth-order valence-electron chi connectivity index (χ4n) is 6.27. The number of nitrogen functional groups attached to an aromatic ring is 1. The van der Waals surface area contributed by atoms with E-state index in [1.807, 2.05) is 19.1 Å². The van der Waals surface area contributed by atoms with E-state index in [2.05, 4.69) is 50.8 Å². The van der Waals surface area contributed by atoms with Crippen molar-refractivity contribution in [1.29, 1.82) is 0 Å². The quantitative estimate of drug-likeness (QED) is 0.186. The summed E-state index contributed by atoms with van der Waals surface area (Å²) in [5.41, 5.74) is 7.65. The number of nitrogens with zero attached hydrogens (tertiary/aromatic N) is 7. The van der Waals surface area contributed by atoms with Crippen LogP contribution in [0.25, 0.3) is 0 Å². The number of aromatic nitrogens is 3. The minimum Gasteiger partial charge on any atom is -0.393 e. The molecule has 0 radical (unpaired) electrons. The van der Waals surface area contributed by atoms with E-state index in [1.54, 1.807) is 18.5 Å². The molecule has 0 bridgehead atoms. The molecule has 15 nitrogen and oxygen atoms in total. The van der Waals surface area contributed by atoms with Crippen LogP contribution in [-0.2, 0) is 0 Å². The van der Waals surface area contributed by atoms with Gasteiger partial charge in [0.15, 0.2) is 18.2 Å². The van der Waals surface area contributed by atoms with E-state index in [1.165, 1.54) is 18.9 Å². The number of aliphatic hydroxyl groups is 2. The lowest BCUT2D eigenvalue weighted by atomic mass is 9.88. The average Bonchev–Trinajstić information content (AvgIpc) is 3.13. The number of aliphatic hydroxyl groups excluding tert-OH is 2. The number of hydrogen-bond acceptors (Lipinski definition) is 13. The average molecular weight is 728 g/mol. The predicted octanol–water partition coefficient (Wildman–Crippen LogP) is 5.37. The van der Waals surface area contributed by atoms with Gasteiger partial charge in [0.05, 0.1) is 29.8 Å². The van der Waals surface area contributed by atoms with Gasteiger partial charge in [-0.1, -0.05) is 13.8 Å². The molecular weight excluding hydrogens is 673 g/mol. The van der Waals surface area contributed by atoms with Crippen LogP contribution in [0, 0.1) is 43.8 Å². The Bertz CT molecular complexity index is 1490. The lowest BCUT2D eigenvalue weighted by molar-refractivity contribution is -0.389. The maximum Gasteiger partial charge on any atom is 0.363 e. The summed E-state index contributed by atoms with van der Waals surface area (Å²) in [7, 11) is 0. The molecule has 0 aliphatic carbocycles. The summed E-state index contributed by atoms with van der Waals surface area (Å²) in [5.74, 6) is 1.29. The highest BCUT2D eigenvalue weighted by atomic mass is 19.1. The molecule has 3 fully saturated rings. The Morgan fingerprint density at radius 1 is 0.846 bits per heavy atom.